The Morgan fingerprint density at radius 3 is 2.72 bits per heavy atom. The minimum Gasteiger partial charge on any atom is -0.384 e. The average Bonchev–Trinajstić information content (AvgIpc) is 2.34. The van der Waals surface area contributed by atoms with Crippen molar-refractivity contribution in [3.8, 4) is 0 Å². The van der Waals surface area contributed by atoms with Gasteiger partial charge in [0.25, 0.3) is 0 Å². The molecule has 0 aliphatic heterocycles. The summed E-state index contributed by atoms with van der Waals surface area (Å²) in [4.78, 5) is 4.10. The summed E-state index contributed by atoms with van der Waals surface area (Å²) in [6, 6.07) is 1.68. The highest BCUT2D eigenvalue weighted by atomic mass is 32.2. The molecule has 0 aliphatic carbocycles. The highest BCUT2D eigenvalue weighted by Crippen LogP contribution is 2.19. The third kappa shape index (κ3) is 4.27. The van der Waals surface area contributed by atoms with Gasteiger partial charge in [-0.2, -0.15) is 0 Å². The average molecular weight is 271 g/mol. The van der Waals surface area contributed by atoms with Crippen LogP contribution in [0.2, 0.25) is 0 Å². The maximum Gasteiger partial charge on any atom is 0.244 e. The summed E-state index contributed by atoms with van der Waals surface area (Å²) in [7, 11) is -3.49. The fourth-order valence-electron chi connectivity index (χ4n) is 1.35. The van der Waals surface area contributed by atoms with Crippen molar-refractivity contribution in [2.75, 3.05) is 18.4 Å². The van der Waals surface area contributed by atoms with Gasteiger partial charge in [-0.05, 0) is 18.4 Å². The molecule has 1 aromatic rings. The molecule has 6 heteroatoms. The largest absolute Gasteiger partial charge is 0.384 e. The second-order valence-electron chi connectivity index (χ2n) is 4.54. The van der Waals surface area contributed by atoms with Gasteiger partial charge in [-0.25, -0.2) is 13.1 Å². The van der Waals surface area contributed by atoms with Crippen molar-refractivity contribution in [2.24, 2.45) is 5.92 Å². The maximum absolute atomic E-state index is 12.1. The van der Waals surface area contributed by atoms with Crippen LogP contribution in [0.4, 0.5) is 5.69 Å². The van der Waals surface area contributed by atoms with Crippen molar-refractivity contribution in [1.82, 2.24) is 9.71 Å². The fourth-order valence-corrected chi connectivity index (χ4v) is 2.69. The van der Waals surface area contributed by atoms with Gasteiger partial charge in [0.1, 0.15) is 4.90 Å². The van der Waals surface area contributed by atoms with E-state index < -0.39 is 10.0 Å². The molecular formula is C12H21N3O2S. The second kappa shape index (κ2) is 6.70. The SMILES string of the molecule is CCCNc1ccncc1S(=O)(=O)NCC(C)C. The Morgan fingerprint density at radius 2 is 2.11 bits per heavy atom. The Kier molecular flexibility index (Phi) is 5.55. The van der Waals surface area contributed by atoms with Crippen LogP contribution in [-0.2, 0) is 10.0 Å². The molecule has 102 valence electrons. The van der Waals surface area contributed by atoms with E-state index in [0.29, 0.717) is 12.2 Å². The molecule has 0 fully saturated rings. The molecule has 5 nitrogen and oxygen atoms in total. The van der Waals surface area contributed by atoms with E-state index in [1.54, 1.807) is 12.3 Å². The van der Waals surface area contributed by atoms with Crippen molar-refractivity contribution < 1.29 is 8.42 Å². The molecule has 0 amide bonds. The molecule has 1 aromatic heterocycles. The first-order chi connectivity index (χ1) is 8.47. The van der Waals surface area contributed by atoms with Crippen molar-refractivity contribution in [2.45, 2.75) is 32.1 Å². The number of pyridine rings is 1. The van der Waals surface area contributed by atoms with Crippen molar-refractivity contribution >= 4 is 15.7 Å². The number of hydrogen-bond acceptors (Lipinski definition) is 4. The van der Waals surface area contributed by atoms with E-state index in [0.717, 1.165) is 13.0 Å². The molecule has 0 atom stereocenters. The molecule has 2 N–H and O–H groups in total. The molecule has 0 spiro atoms. The van der Waals surface area contributed by atoms with E-state index in [1.807, 2.05) is 20.8 Å². The van der Waals surface area contributed by atoms with Crippen LogP contribution in [0.5, 0.6) is 0 Å². The lowest BCUT2D eigenvalue weighted by molar-refractivity contribution is 0.560. The number of sulfonamides is 1. The Hall–Kier alpha value is -1.14. The molecule has 0 radical (unpaired) electrons. The molecule has 0 saturated carbocycles. The van der Waals surface area contributed by atoms with Gasteiger partial charge in [-0.15, -0.1) is 0 Å². The van der Waals surface area contributed by atoms with Crippen LogP contribution < -0.4 is 10.0 Å². The summed E-state index contributed by atoms with van der Waals surface area (Å²) in [5, 5.41) is 3.10. The van der Waals surface area contributed by atoms with Crippen molar-refractivity contribution in [3.05, 3.63) is 18.5 Å². The zero-order valence-corrected chi connectivity index (χ0v) is 11.9. The summed E-state index contributed by atoms with van der Waals surface area (Å²) in [6.45, 7) is 7.10. The van der Waals surface area contributed by atoms with Crippen LogP contribution in [0.1, 0.15) is 27.2 Å². The maximum atomic E-state index is 12.1. The van der Waals surface area contributed by atoms with Crippen LogP contribution in [0, 0.1) is 5.92 Å². The number of aromatic nitrogens is 1. The summed E-state index contributed by atoms with van der Waals surface area (Å²) in [5.74, 6) is 0.267. The van der Waals surface area contributed by atoms with Crippen molar-refractivity contribution in [3.63, 3.8) is 0 Å². The first-order valence-electron chi connectivity index (χ1n) is 6.15. The van der Waals surface area contributed by atoms with E-state index in [9.17, 15) is 8.42 Å². The molecule has 0 unspecified atom stereocenters. The molecule has 0 saturated heterocycles. The van der Waals surface area contributed by atoms with E-state index in [1.165, 1.54) is 6.20 Å². The molecule has 0 aromatic carbocycles. The van der Waals surface area contributed by atoms with Gasteiger partial charge >= 0.3 is 0 Å². The van der Waals surface area contributed by atoms with Crippen LogP contribution >= 0.6 is 0 Å². The Morgan fingerprint density at radius 1 is 1.39 bits per heavy atom. The molecule has 18 heavy (non-hydrogen) atoms. The first-order valence-corrected chi connectivity index (χ1v) is 7.63. The Balaban J connectivity index is 2.93. The van der Waals surface area contributed by atoms with E-state index in [2.05, 4.69) is 15.0 Å². The number of nitrogens with zero attached hydrogens (tertiary/aromatic N) is 1. The minimum absolute atomic E-state index is 0.208. The van der Waals surface area contributed by atoms with Gasteiger partial charge in [0, 0.05) is 25.5 Å². The van der Waals surface area contributed by atoms with Crippen LogP contribution in [-0.4, -0.2) is 26.5 Å². The number of rotatable bonds is 7. The van der Waals surface area contributed by atoms with Crippen LogP contribution in [0.15, 0.2) is 23.4 Å². The lowest BCUT2D eigenvalue weighted by atomic mass is 10.2. The number of anilines is 1. The smallest absolute Gasteiger partial charge is 0.244 e. The molecule has 1 rings (SSSR count). The zero-order chi connectivity index (χ0) is 13.6. The lowest BCUT2D eigenvalue weighted by Gasteiger charge is -2.13. The lowest BCUT2D eigenvalue weighted by Crippen LogP contribution is -2.28. The summed E-state index contributed by atoms with van der Waals surface area (Å²) >= 11 is 0. The monoisotopic (exact) mass is 271 g/mol. The van der Waals surface area contributed by atoms with E-state index in [4.69, 9.17) is 0 Å². The number of nitrogens with one attached hydrogen (secondary N) is 2. The summed E-state index contributed by atoms with van der Waals surface area (Å²) in [6.07, 6.45) is 3.89. The van der Waals surface area contributed by atoms with Crippen LogP contribution in [0.25, 0.3) is 0 Å². The minimum atomic E-state index is -3.49. The van der Waals surface area contributed by atoms with Gasteiger partial charge in [0.2, 0.25) is 10.0 Å². The van der Waals surface area contributed by atoms with Gasteiger partial charge in [0.15, 0.2) is 0 Å². The standard InChI is InChI=1S/C12H21N3O2S/c1-4-6-14-11-5-7-13-9-12(11)18(16,17)15-8-10(2)3/h5,7,9-10,15H,4,6,8H2,1-3H3,(H,13,14). The molecule has 0 bridgehead atoms. The van der Waals surface area contributed by atoms with Gasteiger partial charge in [0.05, 0.1) is 5.69 Å². The summed E-state index contributed by atoms with van der Waals surface area (Å²) < 4.78 is 26.8. The van der Waals surface area contributed by atoms with E-state index >= 15 is 0 Å². The van der Waals surface area contributed by atoms with Gasteiger partial charge in [-0.1, -0.05) is 20.8 Å². The highest BCUT2D eigenvalue weighted by molar-refractivity contribution is 7.89. The molecule has 1 heterocycles. The normalized spacial score (nSPS) is 11.8. The van der Waals surface area contributed by atoms with E-state index in [-0.39, 0.29) is 10.8 Å². The Bertz CT molecular complexity index is 472. The predicted molar refractivity (Wildman–Crippen MR) is 73.0 cm³/mol. The third-order valence-corrected chi connectivity index (χ3v) is 3.77. The summed E-state index contributed by atoms with van der Waals surface area (Å²) in [5.41, 5.74) is 0.600. The Labute approximate surface area is 109 Å². The molecule has 0 aliphatic rings. The predicted octanol–water partition coefficient (Wildman–Crippen LogP) is 1.84. The number of hydrogen-bond donors (Lipinski definition) is 2. The zero-order valence-electron chi connectivity index (χ0n) is 11.1. The first kappa shape index (κ1) is 14.9. The third-order valence-electron chi connectivity index (χ3n) is 2.32. The van der Waals surface area contributed by atoms with Crippen molar-refractivity contribution in [1.29, 1.82) is 0 Å². The molecular weight excluding hydrogens is 250 g/mol. The van der Waals surface area contributed by atoms with Crippen LogP contribution in [0.3, 0.4) is 0 Å². The fraction of sp³-hybridized carbons (Fsp3) is 0.583. The quantitative estimate of drug-likeness (QED) is 0.794. The van der Waals surface area contributed by atoms with Gasteiger partial charge < -0.3 is 5.32 Å². The van der Waals surface area contributed by atoms with Gasteiger partial charge in [-0.3, -0.25) is 4.98 Å². The topological polar surface area (TPSA) is 71.1 Å². The highest BCUT2D eigenvalue weighted by Gasteiger charge is 2.18. The second-order valence-corrected chi connectivity index (χ2v) is 6.28.